The van der Waals surface area contributed by atoms with Gasteiger partial charge in [0.2, 0.25) is 0 Å². The molecular weight excluding hydrogens is 280 g/mol. The van der Waals surface area contributed by atoms with Crippen LogP contribution in [-0.4, -0.2) is 22.9 Å². The molecule has 0 N–H and O–H groups in total. The molecule has 5 heteroatoms. The highest BCUT2D eigenvalue weighted by Gasteiger charge is 2.12. The average Bonchev–Trinajstić information content (AvgIpc) is 2.94. The molecule has 0 saturated heterocycles. The van der Waals surface area contributed by atoms with E-state index >= 15 is 0 Å². The highest BCUT2D eigenvalue weighted by atomic mass is 16.6. The van der Waals surface area contributed by atoms with Crippen LogP contribution >= 0.6 is 0 Å². The molecule has 0 radical (unpaired) electrons. The zero-order valence-corrected chi connectivity index (χ0v) is 12.9. The van der Waals surface area contributed by atoms with Gasteiger partial charge in [-0.3, -0.25) is 15.0 Å². The summed E-state index contributed by atoms with van der Waals surface area (Å²) in [7, 11) is 0. The van der Waals surface area contributed by atoms with Crippen molar-refractivity contribution in [3.63, 3.8) is 0 Å². The predicted octanol–water partition coefficient (Wildman–Crippen LogP) is 4.25. The van der Waals surface area contributed by atoms with E-state index in [-0.39, 0.29) is 5.69 Å². The first-order chi connectivity index (χ1) is 10.5. The number of nitrogens with zero attached hydrogens (tertiary/aromatic N) is 2. The molecule has 0 bridgehead atoms. The SMILES string of the molecule is C=C(C)CN(CC)Cc1ccc(-c2cccc([N+](=O)[O-])c2)o1. The van der Waals surface area contributed by atoms with E-state index in [1.807, 2.05) is 19.1 Å². The highest BCUT2D eigenvalue weighted by Crippen LogP contribution is 2.26. The lowest BCUT2D eigenvalue weighted by molar-refractivity contribution is -0.384. The van der Waals surface area contributed by atoms with E-state index < -0.39 is 4.92 Å². The summed E-state index contributed by atoms with van der Waals surface area (Å²) in [5.41, 5.74) is 1.88. The molecule has 2 aromatic rings. The second-order valence-electron chi connectivity index (χ2n) is 5.33. The molecular formula is C17H20N2O3. The van der Waals surface area contributed by atoms with Crippen molar-refractivity contribution in [1.29, 1.82) is 0 Å². The molecule has 0 unspecified atom stereocenters. The first kappa shape index (κ1) is 16.0. The number of nitro groups is 1. The van der Waals surface area contributed by atoms with Gasteiger partial charge in [-0.25, -0.2) is 0 Å². The number of non-ortho nitro benzene ring substituents is 1. The molecule has 0 aliphatic rings. The maximum atomic E-state index is 10.8. The first-order valence-corrected chi connectivity index (χ1v) is 7.20. The van der Waals surface area contributed by atoms with Crippen molar-refractivity contribution in [3.05, 3.63) is 64.4 Å². The van der Waals surface area contributed by atoms with Crippen LogP contribution in [0.15, 0.2) is 53.0 Å². The fraction of sp³-hybridized carbons (Fsp3) is 0.294. The van der Waals surface area contributed by atoms with Crippen LogP contribution in [0.3, 0.4) is 0 Å². The van der Waals surface area contributed by atoms with Crippen molar-refractivity contribution in [2.75, 3.05) is 13.1 Å². The minimum absolute atomic E-state index is 0.0629. The van der Waals surface area contributed by atoms with Gasteiger partial charge in [-0.2, -0.15) is 0 Å². The Morgan fingerprint density at radius 2 is 2.14 bits per heavy atom. The molecule has 0 saturated carbocycles. The van der Waals surface area contributed by atoms with Crippen molar-refractivity contribution >= 4 is 5.69 Å². The van der Waals surface area contributed by atoms with Crippen LogP contribution in [-0.2, 0) is 6.54 Å². The van der Waals surface area contributed by atoms with Gasteiger partial charge in [-0.05, 0) is 25.6 Å². The number of likely N-dealkylation sites (N-methyl/N-ethyl adjacent to an activating group) is 1. The molecule has 5 nitrogen and oxygen atoms in total. The van der Waals surface area contributed by atoms with Crippen LogP contribution in [0, 0.1) is 10.1 Å². The van der Waals surface area contributed by atoms with Gasteiger partial charge >= 0.3 is 0 Å². The third-order valence-electron chi connectivity index (χ3n) is 3.32. The monoisotopic (exact) mass is 300 g/mol. The van der Waals surface area contributed by atoms with Crippen molar-refractivity contribution < 1.29 is 9.34 Å². The summed E-state index contributed by atoms with van der Waals surface area (Å²) in [5, 5.41) is 10.8. The van der Waals surface area contributed by atoms with Crippen LogP contribution in [0.1, 0.15) is 19.6 Å². The second kappa shape index (κ2) is 7.04. The third-order valence-corrected chi connectivity index (χ3v) is 3.32. The standard InChI is InChI=1S/C17H20N2O3/c1-4-18(11-13(2)3)12-16-8-9-17(22-16)14-6-5-7-15(10-14)19(20)21/h5-10H,2,4,11-12H2,1,3H3. The van der Waals surface area contributed by atoms with Gasteiger partial charge in [-0.1, -0.05) is 31.2 Å². The number of hydrogen-bond donors (Lipinski definition) is 0. The average molecular weight is 300 g/mol. The van der Waals surface area contributed by atoms with E-state index in [0.717, 1.165) is 24.4 Å². The lowest BCUT2D eigenvalue weighted by Gasteiger charge is -2.18. The van der Waals surface area contributed by atoms with Gasteiger partial charge in [0.15, 0.2) is 0 Å². The number of hydrogen-bond acceptors (Lipinski definition) is 4. The summed E-state index contributed by atoms with van der Waals surface area (Å²) in [5.74, 6) is 1.48. The molecule has 0 fully saturated rings. The number of benzene rings is 1. The smallest absolute Gasteiger partial charge is 0.270 e. The molecule has 1 aromatic carbocycles. The lowest BCUT2D eigenvalue weighted by Crippen LogP contribution is -2.24. The van der Waals surface area contributed by atoms with E-state index in [1.165, 1.54) is 12.1 Å². The van der Waals surface area contributed by atoms with Crippen LogP contribution in [0.25, 0.3) is 11.3 Å². The van der Waals surface area contributed by atoms with Gasteiger partial charge in [0.05, 0.1) is 11.5 Å². The zero-order valence-electron chi connectivity index (χ0n) is 12.9. The second-order valence-corrected chi connectivity index (χ2v) is 5.33. The lowest BCUT2D eigenvalue weighted by atomic mass is 10.1. The molecule has 1 heterocycles. The number of rotatable bonds is 7. The Labute approximate surface area is 130 Å². The number of furan rings is 1. The minimum atomic E-state index is -0.404. The maximum Gasteiger partial charge on any atom is 0.270 e. The van der Waals surface area contributed by atoms with Crippen molar-refractivity contribution in [2.24, 2.45) is 0 Å². The Hall–Kier alpha value is -2.40. The van der Waals surface area contributed by atoms with Crippen molar-refractivity contribution in [1.82, 2.24) is 4.90 Å². The van der Waals surface area contributed by atoms with E-state index in [0.29, 0.717) is 17.9 Å². The van der Waals surface area contributed by atoms with E-state index in [1.54, 1.807) is 12.1 Å². The fourth-order valence-corrected chi connectivity index (χ4v) is 2.27. The van der Waals surface area contributed by atoms with Crippen molar-refractivity contribution in [2.45, 2.75) is 20.4 Å². The first-order valence-electron chi connectivity index (χ1n) is 7.20. The van der Waals surface area contributed by atoms with Crippen molar-refractivity contribution in [3.8, 4) is 11.3 Å². The molecule has 116 valence electrons. The maximum absolute atomic E-state index is 10.8. The fourth-order valence-electron chi connectivity index (χ4n) is 2.27. The Morgan fingerprint density at radius 3 is 2.77 bits per heavy atom. The predicted molar refractivity (Wildman–Crippen MR) is 86.6 cm³/mol. The minimum Gasteiger partial charge on any atom is -0.460 e. The Bertz CT molecular complexity index is 676. The Balaban J connectivity index is 2.15. The van der Waals surface area contributed by atoms with E-state index in [2.05, 4.69) is 18.4 Å². The topological polar surface area (TPSA) is 59.5 Å². The molecule has 0 atom stereocenters. The van der Waals surface area contributed by atoms with Crippen LogP contribution in [0.5, 0.6) is 0 Å². The summed E-state index contributed by atoms with van der Waals surface area (Å²) in [6.07, 6.45) is 0. The van der Waals surface area contributed by atoms with E-state index in [4.69, 9.17) is 4.42 Å². The van der Waals surface area contributed by atoms with Gasteiger partial charge in [0.25, 0.3) is 5.69 Å². The normalized spacial score (nSPS) is 10.9. The molecule has 0 amide bonds. The largest absolute Gasteiger partial charge is 0.460 e. The molecule has 2 rings (SSSR count). The molecule has 0 aliphatic carbocycles. The highest BCUT2D eigenvalue weighted by molar-refractivity contribution is 5.61. The molecule has 1 aromatic heterocycles. The summed E-state index contributed by atoms with van der Waals surface area (Å²) < 4.78 is 5.82. The van der Waals surface area contributed by atoms with E-state index in [9.17, 15) is 10.1 Å². The van der Waals surface area contributed by atoms with Gasteiger partial charge < -0.3 is 4.42 Å². The Morgan fingerprint density at radius 1 is 1.36 bits per heavy atom. The van der Waals surface area contributed by atoms with Gasteiger partial charge in [-0.15, -0.1) is 0 Å². The molecule has 22 heavy (non-hydrogen) atoms. The third kappa shape index (κ3) is 4.05. The van der Waals surface area contributed by atoms with Gasteiger partial charge in [0.1, 0.15) is 11.5 Å². The summed E-state index contributed by atoms with van der Waals surface area (Å²) in [4.78, 5) is 12.7. The summed E-state index contributed by atoms with van der Waals surface area (Å²) >= 11 is 0. The summed E-state index contributed by atoms with van der Waals surface area (Å²) in [6.45, 7) is 10.4. The molecule has 0 aliphatic heterocycles. The van der Waals surface area contributed by atoms with Crippen LogP contribution in [0.4, 0.5) is 5.69 Å². The van der Waals surface area contributed by atoms with Crippen LogP contribution in [0.2, 0.25) is 0 Å². The molecule has 0 spiro atoms. The zero-order chi connectivity index (χ0) is 16.1. The summed E-state index contributed by atoms with van der Waals surface area (Å²) in [6, 6.07) is 10.2. The van der Waals surface area contributed by atoms with Crippen LogP contribution < -0.4 is 0 Å². The Kier molecular flexibility index (Phi) is 5.12. The quantitative estimate of drug-likeness (QED) is 0.435. The van der Waals surface area contributed by atoms with Gasteiger partial charge in [0, 0.05) is 24.2 Å². The number of nitro benzene ring substituents is 1.